The maximum absolute atomic E-state index is 11.9. The Kier molecular flexibility index (Phi) is 13.5. The van der Waals surface area contributed by atoms with Gasteiger partial charge in [0.1, 0.15) is 5.75 Å². The SMILES string of the molecule is CCCCCC/C=C/C(=O)Oc1ccc(-c2ncc(OCCCCOCCCC)cn2)cc1. The zero-order chi connectivity index (χ0) is 23.6. The van der Waals surface area contributed by atoms with E-state index in [-0.39, 0.29) is 5.97 Å². The minimum Gasteiger partial charge on any atom is -0.490 e. The van der Waals surface area contributed by atoms with Crippen LogP contribution in [0.25, 0.3) is 11.4 Å². The molecule has 0 aliphatic rings. The molecule has 180 valence electrons. The van der Waals surface area contributed by atoms with Crippen molar-refractivity contribution in [3.8, 4) is 22.9 Å². The molecule has 2 rings (SSSR count). The summed E-state index contributed by atoms with van der Waals surface area (Å²) in [6.45, 7) is 6.58. The average molecular weight is 455 g/mol. The molecule has 2 aromatic rings. The van der Waals surface area contributed by atoms with Crippen LogP contribution < -0.4 is 9.47 Å². The number of hydrogen-bond donors (Lipinski definition) is 0. The van der Waals surface area contributed by atoms with E-state index < -0.39 is 0 Å². The molecule has 0 N–H and O–H groups in total. The molecule has 0 spiro atoms. The molecule has 0 aliphatic heterocycles. The van der Waals surface area contributed by atoms with Gasteiger partial charge < -0.3 is 14.2 Å². The standard InChI is InChI=1S/C27H38N2O4/c1-3-5-7-8-9-10-13-26(30)33-24-16-14-23(15-17-24)27-28-21-25(22-29-27)32-20-12-11-19-31-18-6-4-2/h10,13-17,21-22H,3-9,11-12,18-20H2,1-2H3/b13-10+. The van der Waals surface area contributed by atoms with Gasteiger partial charge in [0.05, 0.1) is 19.0 Å². The number of aromatic nitrogens is 2. The van der Waals surface area contributed by atoms with Gasteiger partial charge in [-0.05, 0) is 56.4 Å². The fourth-order valence-corrected chi connectivity index (χ4v) is 3.08. The Labute approximate surface area is 198 Å². The van der Waals surface area contributed by atoms with Crippen LogP contribution in [0.3, 0.4) is 0 Å². The Morgan fingerprint density at radius 3 is 2.24 bits per heavy atom. The maximum atomic E-state index is 11.9. The second-order valence-corrected chi connectivity index (χ2v) is 7.96. The molecule has 0 aliphatic carbocycles. The molecular weight excluding hydrogens is 416 g/mol. The normalized spacial score (nSPS) is 11.1. The number of carbonyl (C=O) groups excluding carboxylic acids is 1. The zero-order valence-corrected chi connectivity index (χ0v) is 20.1. The van der Waals surface area contributed by atoms with Gasteiger partial charge in [0.15, 0.2) is 11.6 Å². The van der Waals surface area contributed by atoms with Crippen molar-refractivity contribution in [3.05, 3.63) is 48.8 Å². The topological polar surface area (TPSA) is 70.5 Å². The molecule has 1 heterocycles. The van der Waals surface area contributed by atoms with Crippen molar-refractivity contribution in [1.82, 2.24) is 9.97 Å². The number of unbranched alkanes of at least 4 members (excludes halogenated alkanes) is 6. The van der Waals surface area contributed by atoms with Crippen molar-refractivity contribution in [2.24, 2.45) is 0 Å². The summed E-state index contributed by atoms with van der Waals surface area (Å²) in [7, 11) is 0. The lowest BCUT2D eigenvalue weighted by Crippen LogP contribution is -2.03. The Morgan fingerprint density at radius 1 is 0.818 bits per heavy atom. The highest BCUT2D eigenvalue weighted by Crippen LogP contribution is 2.20. The summed E-state index contributed by atoms with van der Waals surface area (Å²) >= 11 is 0. The van der Waals surface area contributed by atoms with Crippen molar-refractivity contribution in [1.29, 1.82) is 0 Å². The maximum Gasteiger partial charge on any atom is 0.335 e. The molecule has 0 radical (unpaired) electrons. The number of ether oxygens (including phenoxy) is 3. The highest BCUT2D eigenvalue weighted by molar-refractivity contribution is 5.84. The second kappa shape index (κ2) is 16.8. The lowest BCUT2D eigenvalue weighted by molar-refractivity contribution is -0.129. The number of nitrogens with zero attached hydrogens (tertiary/aromatic N) is 2. The van der Waals surface area contributed by atoms with Gasteiger partial charge >= 0.3 is 5.97 Å². The van der Waals surface area contributed by atoms with E-state index in [0.717, 1.165) is 57.3 Å². The van der Waals surface area contributed by atoms with E-state index in [9.17, 15) is 4.79 Å². The summed E-state index contributed by atoms with van der Waals surface area (Å²) < 4.78 is 16.6. The fourth-order valence-electron chi connectivity index (χ4n) is 3.08. The molecule has 33 heavy (non-hydrogen) atoms. The molecule has 6 heteroatoms. The Hall–Kier alpha value is -2.73. The third-order valence-electron chi connectivity index (χ3n) is 5.03. The molecule has 0 bridgehead atoms. The van der Waals surface area contributed by atoms with Crippen LogP contribution in [0.5, 0.6) is 11.5 Å². The summed E-state index contributed by atoms with van der Waals surface area (Å²) in [5.41, 5.74) is 0.844. The molecule has 0 saturated carbocycles. The molecule has 0 unspecified atom stereocenters. The lowest BCUT2D eigenvalue weighted by atomic mass is 10.1. The third kappa shape index (κ3) is 11.6. The monoisotopic (exact) mass is 454 g/mol. The van der Waals surface area contributed by atoms with E-state index in [2.05, 4.69) is 23.8 Å². The van der Waals surface area contributed by atoms with Gasteiger partial charge in [0.25, 0.3) is 0 Å². The molecule has 0 amide bonds. The first-order chi connectivity index (χ1) is 16.2. The molecular formula is C27H38N2O4. The van der Waals surface area contributed by atoms with Crippen LogP contribution in [0, 0.1) is 0 Å². The predicted molar refractivity (Wildman–Crippen MR) is 131 cm³/mol. The van der Waals surface area contributed by atoms with Gasteiger partial charge in [0.2, 0.25) is 0 Å². The van der Waals surface area contributed by atoms with Gasteiger partial charge in [-0.3, -0.25) is 0 Å². The highest BCUT2D eigenvalue weighted by atomic mass is 16.5. The van der Waals surface area contributed by atoms with Crippen molar-refractivity contribution in [3.63, 3.8) is 0 Å². The third-order valence-corrected chi connectivity index (χ3v) is 5.03. The summed E-state index contributed by atoms with van der Waals surface area (Å²) in [5.74, 6) is 1.38. The number of benzene rings is 1. The van der Waals surface area contributed by atoms with Gasteiger partial charge in [-0.15, -0.1) is 0 Å². The minimum atomic E-state index is -0.358. The zero-order valence-electron chi connectivity index (χ0n) is 20.1. The average Bonchev–Trinajstić information content (AvgIpc) is 2.84. The van der Waals surface area contributed by atoms with Crippen LogP contribution in [0.2, 0.25) is 0 Å². The highest BCUT2D eigenvalue weighted by Gasteiger charge is 2.05. The van der Waals surface area contributed by atoms with Crippen LogP contribution in [-0.4, -0.2) is 35.8 Å². The number of esters is 1. The summed E-state index contributed by atoms with van der Waals surface area (Å²) in [5, 5.41) is 0. The van der Waals surface area contributed by atoms with Crippen molar-refractivity contribution >= 4 is 5.97 Å². The second-order valence-electron chi connectivity index (χ2n) is 7.96. The van der Waals surface area contributed by atoms with Crippen molar-refractivity contribution < 1.29 is 19.0 Å². The minimum absolute atomic E-state index is 0.358. The van der Waals surface area contributed by atoms with Gasteiger partial charge in [0, 0.05) is 24.9 Å². The summed E-state index contributed by atoms with van der Waals surface area (Å²) in [6, 6.07) is 7.17. The van der Waals surface area contributed by atoms with E-state index in [1.165, 1.54) is 25.3 Å². The van der Waals surface area contributed by atoms with Gasteiger partial charge in [-0.2, -0.15) is 0 Å². The molecule has 0 atom stereocenters. The molecule has 0 fully saturated rings. The Balaban J connectivity index is 1.70. The molecule has 1 aromatic carbocycles. The summed E-state index contributed by atoms with van der Waals surface area (Å²) in [4.78, 5) is 20.7. The van der Waals surface area contributed by atoms with E-state index in [1.807, 2.05) is 18.2 Å². The first-order valence-electron chi connectivity index (χ1n) is 12.2. The first-order valence-corrected chi connectivity index (χ1v) is 12.2. The number of hydrogen-bond acceptors (Lipinski definition) is 6. The summed E-state index contributed by atoms with van der Waals surface area (Å²) in [6.07, 6.45) is 16.6. The van der Waals surface area contributed by atoms with Crippen LogP contribution >= 0.6 is 0 Å². The Morgan fingerprint density at radius 2 is 1.52 bits per heavy atom. The quantitative estimate of drug-likeness (QED) is 0.117. The van der Waals surface area contributed by atoms with E-state index in [4.69, 9.17) is 14.2 Å². The van der Waals surface area contributed by atoms with Crippen LogP contribution in [-0.2, 0) is 9.53 Å². The van der Waals surface area contributed by atoms with Crippen LogP contribution in [0.1, 0.15) is 71.6 Å². The largest absolute Gasteiger partial charge is 0.490 e. The number of carbonyl (C=O) groups is 1. The fraction of sp³-hybridized carbons (Fsp3) is 0.519. The lowest BCUT2D eigenvalue weighted by Gasteiger charge is -2.07. The van der Waals surface area contributed by atoms with Crippen molar-refractivity contribution in [2.45, 2.75) is 71.6 Å². The molecule has 1 aromatic heterocycles. The van der Waals surface area contributed by atoms with Crippen molar-refractivity contribution in [2.75, 3.05) is 19.8 Å². The van der Waals surface area contributed by atoms with Crippen LogP contribution in [0.15, 0.2) is 48.8 Å². The number of rotatable bonds is 17. The van der Waals surface area contributed by atoms with E-state index in [0.29, 0.717) is 23.9 Å². The van der Waals surface area contributed by atoms with E-state index >= 15 is 0 Å². The van der Waals surface area contributed by atoms with Gasteiger partial charge in [-0.1, -0.05) is 45.6 Å². The predicted octanol–water partition coefficient (Wildman–Crippen LogP) is 6.55. The smallest absolute Gasteiger partial charge is 0.335 e. The molecule has 0 saturated heterocycles. The van der Waals surface area contributed by atoms with E-state index in [1.54, 1.807) is 24.5 Å². The first kappa shape index (κ1) is 26.5. The van der Waals surface area contributed by atoms with Gasteiger partial charge in [-0.25, -0.2) is 14.8 Å². The molecule has 6 nitrogen and oxygen atoms in total. The Bertz CT molecular complexity index is 804. The number of allylic oxidation sites excluding steroid dienone is 1. The van der Waals surface area contributed by atoms with Crippen LogP contribution in [0.4, 0.5) is 0 Å².